The topological polar surface area (TPSA) is 41.1 Å². The zero-order chi connectivity index (χ0) is 13.4. The van der Waals surface area contributed by atoms with Crippen LogP contribution in [0.2, 0.25) is 0 Å². The van der Waals surface area contributed by atoms with E-state index in [1.807, 2.05) is 7.05 Å². The molecule has 114 valence electrons. The number of amides is 1. The number of carbonyl (C=O) groups is 1. The van der Waals surface area contributed by atoms with Gasteiger partial charge in [-0.2, -0.15) is 0 Å². The Morgan fingerprint density at radius 2 is 2.05 bits per heavy atom. The van der Waals surface area contributed by atoms with E-state index in [9.17, 15) is 4.79 Å². The summed E-state index contributed by atoms with van der Waals surface area (Å²) in [6.07, 6.45) is 7.93. The summed E-state index contributed by atoms with van der Waals surface area (Å²) in [5, 5.41) is 6.32. The predicted molar refractivity (Wildman–Crippen MR) is 83.8 cm³/mol. The van der Waals surface area contributed by atoms with Crippen molar-refractivity contribution in [2.45, 2.75) is 64.8 Å². The van der Waals surface area contributed by atoms with Crippen LogP contribution < -0.4 is 10.6 Å². The van der Waals surface area contributed by atoms with Crippen LogP contribution in [0.1, 0.15) is 58.8 Å². The van der Waals surface area contributed by atoms with Crippen molar-refractivity contribution in [2.75, 3.05) is 13.6 Å². The smallest absolute Gasteiger partial charge is 0.220 e. The van der Waals surface area contributed by atoms with Gasteiger partial charge in [0.2, 0.25) is 5.91 Å². The molecule has 0 aromatic heterocycles. The van der Waals surface area contributed by atoms with Crippen LogP contribution in [0.25, 0.3) is 0 Å². The van der Waals surface area contributed by atoms with Crippen LogP contribution in [0, 0.1) is 11.8 Å². The minimum Gasteiger partial charge on any atom is -0.353 e. The molecule has 0 aromatic rings. The summed E-state index contributed by atoms with van der Waals surface area (Å²) in [4.78, 5) is 11.8. The van der Waals surface area contributed by atoms with Crippen LogP contribution in [0.5, 0.6) is 0 Å². The van der Waals surface area contributed by atoms with E-state index in [1.54, 1.807) is 0 Å². The largest absolute Gasteiger partial charge is 0.353 e. The van der Waals surface area contributed by atoms with Gasteiger partial charge in [-0.05, 0) is 51.1 Å². The third kappa shape index (κ3) is 7.78. The fourth-order valence-corrected chi connectivity index (χ4v) is 2.82. The molecule has 1 aliphatic carbocycles. The third-order valence-electron chi connectivity index (χ3n) is 3.95. The maximum atomic E-state index is 11.8. The van der Waals surface area contributed by atoms with Crippen molar-refractivity contribution in [3.8, 4) is 0 Å². The van der Waals surface area contributed by atoms with E-state index in [1.165, 1.54) is 32.1 Å². The van der Waals surface area contributed by atoms with Gasteiger partial charge in [0.15, 0.2) is 0 Å². The van der Waals surface area contributed by atoms with Gasteiger partial charge in [0.25, 0.3) is 0 Å². The van der Waals surface area contributed by atoms with E-state index >= 15 is 0 Å². The summed E-state index contributed by atoms with van der Waals surface area (Å²) in [6.45, 7) is 5.48. The number of rotatable bonds is 8. The van der Waals surface area contributed by atoms with Crippen molar-refractivity contribution in [3.05, 3.63) is 0 Å². The Morgan fingerprint density at radius 1 is 1.32 bits per heavy atom. The van der Waals surface area contributed by atoms with Crippen LogP contribution in [0.3, 0.4) is 0 Å². The predicted octanol–water partition coefficient (Wildman–Crippen LogP) is 3.13. The minimum absolute atomic E-state index is 0. The maximum absolute atomic E-state index is 11.8. The quantitative estimate of drug-likeness (QED) is 0.674. The van der Waals surface area contributed by atoms with E-state index < -0.39 is 0 Å². The molecule has 1 amide bonds. The van der Waals surface area contributed by atoms with E-state index in [2.05, 4.69) is 24.5 Å². The highest BCUT2D eigenvalue weighted by molar-refractivity contribution is 5.85. The second-order valence-corrected chi connectivity index (χ2v) is 6.04. The first-order valence-corrected chi connectivity index (χ1v) is 7.57. The van der Waals surface area contributed by atoms with Crippen molar-refractivity contribution in [3.63, 3.8) is 0 Å². The summed E-state index contributed by atoms with van der Waals surface area (Å²) in [5.74, 6) is 1.74. The first-order chi connectivity index (χ1) is 8.63. The first-order valence-electron chi connectivity index (χ1n) is 7.57. The molecule has 0 saturated heterocycles. The lowest BCUT2D eigenvalue weighted by atomic mass is 9.93. The van der Waals surface area contributed by atoms with Crippen LogP contribution in [0.15, 0.2) is 0 Å². The highest BCUT2D eigenvalue weighted by Gasteiger charge is 2.27. The Morgan fingerprint density at radius 3 is 2.68 bits per heavy atom. The SMILES string of the molecule is CNCCCC(=O)NC1CCCC1CCC(C)C.Cl. The molecule has 3 nitrogen and oxygen atoms in total. The number of hydrogen-bond acceptors (Lipinski definition) is 2. The van der Waals surface area contributed by atoms with Gasteiger partial charge in [0.1, 0.15) is 0 Å². The van der Waals surface area contributed by atoms with Crippen molar-refractivity contribution in [2.24, 2.45) is 11.8 Å². The zero-order valence-electron chi connectivity index (χ0n) is 12.7. The van der Waals surface area contributed by atoms with E-state index in [0.717, 1.165) is 24.8 Å². The van der Waals surface area contributed by atoms with Gasteiger partial charge in [-0.15, -0.1) is 12.4 Å². The molecule has 0 radical (unpaired) electrons. The van der Waals surface area contributed by atoms with E-state index in [4.69, 9.17) is 0 Å². The molecule has 2 atom stereocenters. The second-order valence-electron chi connectivity index (χ2n) is 6.04. The average molecular weight is 291 g/mol. The highest BCUT2D eigenvalue weighted by Crippen LogP contribution is 2.30. The number of nitrogens with one attached hydrogen (secondary N) is 2. The van der Waals surface area contributed by atoms with Gasteiger partial charge in [-0.25, -0.2) is 0 Å². The van der Waals surface area contributed by atoms with Gasteiger partial charge in [-0.1, -0.05) is 26.7 Å². The van der Waals surface area contributed by atoms with Crippen molar-refractivity contribution < 1.29 is 4.79 Å². The molecule has 1 aliphatic rings. The molecule has 0 bridgehead atoms. The van der Waals surface area contributed by atoms with Crippen LogP contribution >= 0.6 is 12.4 Å². The fraction of sp³-hybridized carbons (Fsp3) is 0.933. The zero-order valence-corrected chi connectivity index (χ0v) is 13.5. The van der Waals surface area contributed by atoms with Gasteiger partial charge >= 0.3 is 0 Å². The standard InChI is InChI=1S/C15H30N2O.ClH/c1-12(2)9-10-13-6-4-7-14(13)17-15(18)8-5-11-16-3;/h12-14,16H,4-11H2,1-3H3,(H,17,18);1H. The number of halogens is 1. The molecule has 0 aliphatic heterocycles. The molecule has 0 aromatic carbocycles. The normalized spacial score (nSPS) is 22.3. The third-order valence-corrected chi connectivity index (χ3v) is 3.95. The maximum Gasteiger partial charge on any atom is 0.220 e. The lowest BCUT2D eigenvalue weighted by molar-refractivity contribution is -0.122. The molecular weight excluding hydrogens is 260 g/mol. The Kier molecular flexibility index (Phi) is 10.3. The fourth-order valence-electron chi connectivity index (χ4n) is 2.82. The Labute approximate surface area is 124 Å². The summed E-state index contributed by atoms with van der Waals surface area (Å²) >= 11 is 0. The molecule has 0 heterocycles. The molecule has 2 unspecified atom stereocenters. The first kappa shape index (κ1) is 18.7. The Hall–Kier alpha value is -0.280. The average Bonchev–Trinajstić information content (AvgIpc) is 2.74. The van der Waals surface area contributed by atoms with Crippen molar-refractivity contribution in [1.82, 2.24) is 10.6 Å². The van der Waals surface area contributed by atoms with E-state index in [-0.39, 0.29) is 18.3 Å². The van der Waals surface area contributed by atoms with Gasteiger partial charge < -0.3 is 10.6 Å². The van der Waals surface area contributed by atoms with E-state index in [0.29, 0.717) is 12.5 Å². The molecule has 1 fully saturated rings. The van der Waals surface area contributed by atoms with Crippen LogP contribution in [-0.2, 0) is 4.79 Å². The van der Waals surface area contributed by atoms with Gasteiger partial charge in [0, 0.05) is 12.5 Å². The lowest BCUT2D eigenvalue weighted by Gasteiger charge is -2.21. The van der Waals surface area contributed by atoms with Gasteiger partial charge in [-0.3, -0.25) is 4.79 Å². The molecule has 2 N–H and O–H groups in total. The summed E-state index contributed by atoms with van der Waals surface area (Å²) < 4.78 is 0. The molecule has 0 spiro atoms. The summed E-state index contributed by atoms with van der Waals surface area (Å²) in [6, 6.07) is 0.450. The Bertz CT molecular complexity index is 246. The molecule has 19 heavy (non-hydrogen) atoms. The Balaban J connectivity index is 0.00000324. The molecular formula is C15H31ClN2O. The molecule has 1 rings (SSSR count). The highest BCUT2D eigenvalue weighted by atomic mass is 35.5. The van der Waals surface area contributed by atoms with Gasteiger partial charge in [0.05, 0.1) is 0 Å². The minimum atomic E-state index is 0. The number of hydrogen-bond donors (Lipinski definition) is 2. The summed E-state index contributed by atoms with van der Waals surface area (Å²) in [7, 11) is 1.93. The second kappa shape index (κ2) is 10.5. The summed E-state index contributed by atoms with van der Waals surface area (Å²) in [5.41, 5.74) is 0. The van der Waals surface area contributed by atoms with Crippen molar-refractivity contribution in [1.29, 1.82) is 0 Å². The number of carbonyl (C=O) groups excluding carboxylic acids is 1. The van der Waals surface area contributed by atoms with Crippen LogP contribution in [0.4, 0.5) is 0 Å². The van der Waals surface area contributed by atoms with Crippen molar-refractivity contribution >= 4 is 18.3 Å². The monoisotopic (exact) mass is 290 g/mol. The van der Waals surface area contributed by atoms with Crippen LogP contribution in [-0.4, -0.2) is 25.5 Å². The molecule has 4 heteroatoms. The lowest BCUT2D eigenvalue weighted by Crippen LogP contribution is -2.37. The molecule has 1 saturated carbocycles.